The van der Waals surface area contributed by atoms with Gasteiger partial charge in [0.2, 0.25) is 0 Å². The predicted molar refractivity (Wildman–Crippen MR) is 81.0 cm³/mol. The fraction of sp³-hybridized carbons (Fsp3) is 0. The maximum absolute atomic E-state index is 9.22. The zero-order valence-corrected chi connectivity index (χ0v) is 12.1. The Morgan fingerprint density at radius 3 is 2.64 bits per heavy atom. The standard InChI is InChI=1S/C15H10N4O2S/c20-17-10-6-7-12(15-14(10)18-21-19-15)22-11-5-1-3-9-4-2-8-16-13(9)11/h1-8,17,20H/p+1. The Labute approximate surface area is 129 Å². The van der Waals surface area contributed by atoms with Gasteiger partial charge >= 0.3 is 0 Å². The molecule has 4 aromatic rings. The summed E-state index contributed by atoms with van der Waals surface area (Å²) in [5.74, 6) is 0. The van der Waals surface area contributed by atoms with Gasteiger partial charge in [0.1, 0.15) is 0 Å². The van der Waals surface area contributed by atoms with E-state index in [1.807, 2.05) is 36.4 Å². The van der Waals surface area contributed by atoms with Crippen LogP contribution in [-0.4, -0.2) is 20.5 Å². The number of aromatic nitrogens is 3. The van der Waals surface area contributed by atoms with Crippen LogP contribution in [0.3, 0.4) is 0 Å². The number of nitrogens with two attached hydrogens (primary N) is 1. The highest BCUT2D eigenvalue weighted by Crippen LogP contribution is 2.36. The van der Waals surface area contributed by atoms with Crippen molar-refractivity contribution in [1.82, 2.24) is 15.3 Å². The highest BCUT2D eigenvalue weighted by molar-refractivity contribution is 7.99. The van der Waals surface area contributed by atoms with Crippen molar-refractivity contribution in [2.24, 2.45) is 0 Å². The average molecular weight is 311 g/mol. The first-order chi connectivity index (χ1) is 10.9. The lowest BCUT2D eigenvalue weighted by atomic mass is 10.2. The molecular formula is C15H11N4O2S+. The monoisotopic (exact) mass is 311 g/mol. The summed E-state index contributed by atoms with van der Waals surface area (Å²) in [6.45, 7) is 0. The third kappa shape index (κ3) is 2.12. The van der Waals surface area contributed by atoms with Gasteiger partial charge in [-0.2, -0.15) is 5.48 Å². The highest BCUT2D eigenvalue weighted by Gasteiger charge is 2.16. The molecule has 0 atom stereocenters. The summed E-state index contributed by atoms with van der Waals surface area (Å²) in [5.41, 5.74) is 3.69. The molecule has 0 aliphatic carbocycles. The molecule has 0 amide bonds. The Hall–Kier alpha value is -2.48. The molecule has 6 nitrogen and oxygen atoms in total. The van der Waals surface area contributed by atoms with Crippen LogP contribution >= 0.6 is 11.8 Å². The molecule has 0 unspecified atom stereocenters. The van der Waals surface area contributed by atoms with E-state index in [-0.39, 0.29) is 0 Å². The summed E-state index contributed by atoms with van der Waals surface area (Å²) in [6.07, 6.45) is 1.78. The molecule has 0 saturated heterocycles. The van der Waals surface area contributed by atoms with Gasteiger partial charge in [0.15, 0.2) is 16.7 Å². The summed E-state index contributed by atoms with van der Waals surface area (Å²) in [4.78, 5) is 6.39. The van der Waals surface area contributed by atoms with Crippen molar-refractivity contribution in [3.05, 3.63) is 48.7 Å². The molecule has 0 bridgehead atoms. The van der Waals surface area contributed by atoms with E-state index in [1.54, 1.807) is 24.0 Å². The second kappa shape index (κ2) is 5.38. The minimum atomic E-state index is 0.542. The average Bonchev–Trinajstić information content (AvgIpc) is 3.06. The van der Waals surface area contributed by atoms with Gasteiger partial charge in [-0.3, -0.25) is 4.98 Å². The summed E-state index contributed by atoms with van der Waals surface area (Å²) in [5, 5.41) is 18.1. The highest BCUT2D eigenvalue weighted by atomic mass is 32.2. The molecule has 0 aliphatic heterocycles. The van der Waals surface area contributed by atoms with Crippen molar-refractivity contribution in [1.29, 1.82) is 0 Å². The molecule has 2 aromatic carbocycles. The minimum Gasteiger partial charge on any atom is -0.255 e. The van der Waals surface area contributed by atoms with Crippen molar-refractivity contribution >= 4 is 39.4 Å². The zero-order chi connectivity index (χ0) is 14.9. The topological polar surface area (TPSA) is 88.7 Å². The van der Waals surface area contributed by atoms with Crippen LogP contribution in [0.4, 0.5) is 5.69 Å². The predicted octanol–water partition coefficient (Wildman–Crippen LogP) is 2.51. The van der Waals surface area contributed by atoms with Crippen LogP contribution in [0.1, 0.15) is 0 Å². The van der Waals surface area contributed by atoms with Crippen LogP contribution in [0.15, 0.2) is 63.1 Å². The van der Waals surface area contributed by atoms with Gasteiger partial charge in [0, 0.05) is 27.4 Å². The van der Waals surface area contributed by atoms with Crippen molar-refractivity contribution < 1.29 is 15.3 Å². The van der Waals surface area contributed by atoms with Crippen molar-refractivity contribution in [2.45, 2.75) is 9.79 Å². The maximum atomic E-state index is 9.22. The smallest absolute Gasteiger partial charge is 0.199 e. The minimum absolute atomic E-state index is 0.542. The summed E-state index contributed by atoms with van der Waals surface area (Å²) >= 11 is 1.55. The summed E-state index contributed by atoms with van der Waals surface area (Å²) < 4.78 is 4.81. The molecule has 4 rings (SSSR count). The van der Waals surface area contributed by atoms with Crippen LogP contribution in [0.5, 0.6) is 0 Å². The van der Waals surface area contributed by atoms with Gasteiger partial charge in [-0.1, -0.05) is 30.0 Å². The molecule has 108 valence electrons. The molecule has 0 spiro atoms. The number of benzene rings is 2. The lowest BCUT2D eigenvalue weighted by Crippen LogP contribution is -2.73. The molecule has 2 aromatic heterocycles. The summed E-state index contributed by atoms with van der Waals surface area (Å²) in [6, 6.07) is 13.7. The van der Waals surface area contributed by atoms with E-state index in [0.717, 1.165) is 26.2 Å². The van der Waals surface area contributed by atoms with E-state index < -0.39 is 0 Å². The Balaban J connectivity index is 1.85. The number of para-hydroxylation sites is 1. The van der Waals surface area contributed by atoms with E-state index >= 15 is 0 Å². The van der Waals surface area contributed by atoms with E-state index in [9.17, 15) is 5.21 Å². The number of fused-ring (bicyclic) bond motifs is 2. The molecule has 0 saturated carbocycles. The Morgan fingerprint density at radius 2 is 1.73 bits per heavy atom. The van der Waals surface area contributed by atoms with Gasteiger partial charge in [-0.25, -0.2) is 9.84 Å². The van der Waals surface area contributed by atoms with Gasteiger partial charge in [-0.15, -0.1) is 0 Å². The van der Waals surface area contributed by atoms with E-state index in [0.29, 0.717) is 16.7 Å². The third-order valence-corrected chi connectivity index (χ3v) is 4.46. The molecule has 3 N–H and O–H groups in total. The first kappa shape index (κ1) is 13.2. The first-order valence-electron chi connectivity index (χ1n) is 6.61. The fourth-order valence-corrected chi connectivity index (χ4v) is 3.34. The lowest BCUT2D eigenvalue weighted by Gasteiger charge is -2.05. The molecule has 0 aliphatic rings. The Morgan fingerprint density at radius 1 is 0.909 bits per heavy atom. The fourth-order valence-electron chi connectivity index (χ4n) is 2.33. The molecule has 0 radical (unpaired) electrons. The largest absolute Gasteiger partial charge is 0.255 e. The molecule has 0 fully saturated rings. The number of rotatable bonds is 3. The van der Waals surface area contributed by atoms with Crippen molar-refractivity contribution in [3.8, 4) is 0 Å². The first-order valence-corrected chi connectivity index (χ1v) is 7.43. The molecule has 2 heterocycles. The van der Waals surface area contributed by atoms with E-state index in [1.165, 1.54) is 0 Å². The van der Waals surface area contributed by atoms with Crippen LogP contribution in [0.25, 0.3) is 21.9 Å². The second-order valence-corrected chi connectivity index (χ2v) is 5.76. The van der Waals surface area contributed by atoms with Gasteiger partial charge in [-0.05, 0) is 28.5 Å². The SMILES string of the molecule is O[NH2+]c1ccc(Sc2cccc3cccnc23)c2nonc12. The molecule has 22 heavy (non-hydrogen) atoms. The van der Waals surface area contributed by atoms with Crippen LogP contribution in [-0.2, 0) is 0 Å². The van der Waals surface area contributed by atoms with Gasteiger partial charge < -0.3 is 0 Å². The second-order valence-electron chi connectivity index (χ2n) is 4.68. The van der Waals surface area contributed by atoms with Crippen molar-refractivity contribution in [2.75, 3.05) is 0 Å². The number of pyridine rings is 1. The Kier molecular flexibility index (Phi) is 3.23. The quantitative estimate of drug-likeness (QED) is 0.446. The van der Waals surface area contributed by atoms with Gasteiger partial charge in [0.05, 0.1) is 5.52 Å². The summed E-state index contributed by atoms with van der Waals surface area (Å²) in [7, 11) is 0. The maximum Gasteiger partial charge on any atom is 0.199 e. The van der Waals surface area contributed by atoms with Gasteiger partial charge in [0.25, 0.3) is 0 Å². The van der Waals surface area contributed by atoms with E-state index in [2.05, 4.69) is 15.3 Å². The number of hydrogen-bond donors (Lipinski definition) is 2. The number of hydrogen-bond acceptors (Lipinski definition) is 6. The molecular weight excluding hydrogens is 300 g/mol. The lowest BCUT2D eigenvalue weighted by molar-refractivity contribution is -0.824. The van der Waals surface area contributed by atoms with E-state index in [4.69, 9.17) is 4.63 Å². The molecule has 7 heteroatoms. The zero-order valence-electron chi connectivity index (χ0n) is 11.3. The van der Waals surface area contributed by atoms with Crippen LogP contribution < -0.4 is 5.48 Å². The number of quaternary nitrogens is 1. The van der Waals surface area contributed by atoms with Crippen LogP contribution in [0, 0.1) is 0 Å². The number of nitrogens with zero attached hydrogens (tertiary/aromatic N) is 3. The van der Waals surface area contributed by atoms with Crippen LogP contribution in [0.2, 0.25) is 0 Å². The third-order valence-electron chi connectivity index (χ3n) is 3.36. The Bertz CT molecular complexity index is 965. The van der Waals surface area contributed by atoms with Crippen molar-refractivity contribution in [3.63, 3.8) is 0 Å². The normalized spacial score (nSPS) is 11.3.